The number of ether oxygens (including phenoxy) is 2. The Morgan fingerprint density at radius 1 is 1.08 bits per heavy atom. The molecule has 0 aromatic heterocycles. The molecular formula is C11H12O2. The number of hydrogen-bond acceptors (Lipinski definition) is 2. The second-order valence-electron chi connectivity index (χ2n) is 3.65. The molecule has 2 heteroatoms. The molecule has 0 radical (unpaired) electrons. The van der Waals surface area contributed by atoms with E-state index in [-0.39, 0.29) is 0 Å². The molecule has 1 aliphatic heterocycles. The Balaban J connectivity index is 2.07. The minimum Gasteiger partial charge on any atom is -0.486 e. The maximum atomic E-state index is 5.63. The van der Waals surface area contributed by atoms with Gasteiger partial charge in [0.25, 0.3) is 0 Å². The molecule has 3 rings (SSSR count). The average Bonchev–Trinajstić information content (AvgIpc) is 3.00. The van der Waals surface area contributed by atoms with Crippen molar-refractivity contribution in [1.29, 1.82) is 0 Å². The Morgan fingerprint density at radius 3 is 2.77 bits per heavy atom. The third-order valence-corrected chi connectivity index (χ3v) is 2.61. The first-order valence-corrected chi connectivity index (χ1v) is 4.83. The standard InChI is InChI=1S/C11H12O2/c1-2-9(8-4-5-8)11-10(3-1)12-6-7-13-11/h1-3,8H,4-7H2. The van der Waals surface area contributed by atoms with Crippen molar-refractivity contribution in [3.05, 3.63) is 23.8 Å². The van der Waals surface area contributed by atoms with Gasteiger partial charge in [-0.05, 0) is 24.8 Å². The van der Waals surface area contributed by atoms with E-state index in [1.54, 1.807) is 0 Å². The van der Waals surface area contributed by atoms with Crippen molar-refractivity contribution in [3.8, 4) is 11.5 Å². The van der Waals surface area contributed by atoms with Crippen LogP contribution in [0.4, 0.5) is 0 Å². The first kappa shape index (κ1) is 7.25. The summed E-state index contributed by atoms with van der Waals surface area (Å²) in [5.74, 6) is 2.66. The van der Waals surface area contributed by atoms with E-state index in [0.717, 1.165) is 17.4 Å². The molecule has 0 atom stereocenters. The lowest BCUT2D eigenvalue weighted by atomic mass is 10.1. The van der Waals surface area contributed by atoms with Crippen LogP contribution in [0.3, 0.4) is 0 Å². The predicted molar refractivity (Wildman–Crippen MR) is 49.4 cm³/mol. The second kappa shape index (κ2) is 2.66. The fraction of sp³-hybridized carbons (Fsp3) is 0.455. The van der Waals surface area contributed by atoms with Gasteiger partial charge in [0.1, 0.15) is 13.2 Å². The Morgan fingerprint density at radius 2 is 1.92 bits per heavy atom. The summed E-state index contributed by atoms with van der Waals surface area (Å²) in [5.41, 5.74) is 1.34. The normalized spacial score (nSPS) is 20.0. The molecule has 1 aliphatic carbocycles. The van der Waals surface area contributed by atoms with E-state index in [4.69, 9.17) is 9.47 Å². The molecule has 1 fully saturated rings. The van der Waals surface area contributed by atoms with Crippen LogP contribution in [0, 0.1) is 0 Å². The van der Waals surface area contributed by atoms with Crippen LogP contribution in [-0.2, 0) is 0 Å². The van der Waals surface area contributed by atoms with Crippen LogP contribution in [0.2, 0.25) is 0 Å². The fourth-order valence-electron chi connectivity index (χ4n) is 1.81. The van der Waals surface area contributed by atoms with Gasteiger partial charge in [-0.2, -0.15) is 0 Å². The van der Waals surface area contributed by atoms with Crippen LogP contribution >= 0.6 is 0 Å². The van der Waals surface area contributed by atoms with Crippen LogP contribution in [0.5, 0.6) is 11.5 Å². The van der Waals surface area contributed by atoms with E-state index >= 15 is 0 Å². The van der Waals surface area contributed by atoms with Gasteiger partial charge in [0.05, 0.1) is 0 Å². The molecule has 0 amide bonds. The first-order chi connectivity index (χ1) is 6.45. The monoisotopic (exact) mass is 176 g/mol. The zero-order chi connectivity index (χ0) is 8.67. The third kappa shape index (κ3) is 1.17. The molecule has 1 aromatic rings. The van der Waals surface area contributed by atoms with E-state index in [1.165, 1.54) is 18.4 Å². The fourth-order valence-corrected chi connectivity index (χ4v) is 1.81. The van der Waals surface area contributed by atoms with E-state index < -0.39 is 0 Å². The van der Waals surface area contributed by atoms with Crippen LogP contribution in [0.25, 0.3) is 0 Å². The van der Waals surface area contributed by atoms with Crippen molar-refractivity contribution < 1.29 is 9.47 Å². The van der Waals surface area contributed by atoms with E-state index in [9.17, 15) is 0 Å². The molecular weight excluding hydrogens is 164 g/mol. The summed E-state index contributed by atoms with van der Waals surface area (Å²) in [6, 6.07) is 6.20. The van der Waals surface area contributed by atoms with E-state index in [1.807, 2.05) is 6.07 Å². The number of fused-ring (bicyclic) bond motifs is 1. The highest BCUT2D eigenvalue weighted by Gasteiger charge is 2.29. The minimum absolute atomic E-state index is 0.682. The molecule has 68 valence electrons. The summed E-state index contributed by atoms with van der Waals surface area (Å²) in [5, 5.41) is 0. The van der Waals surface area contributed by atoms with Gasteiger partial charge < -0.3 is 9.47 Å². The Bertz CT molecular complexity index is 329. The van der Waals surface area contributed by atoms with Crippen molar-refractivity contribution in [2.45, 2.75) is 18.8 Å². The van der Waals surface area contributed by atoms with E-state index in [0.29, 0.717) is 13.2 Å². The maximum Gasteiger partial charge on any atom is 0.164 e. The lowest BCUT2D eigenvalue weighted by molar-refractivity contribution is 0.170. The Hall–Kier alpha value is -1.18. The van der Waals surface area contributed by atoms with Gasteiger partial charge in [0, 0.05) is 5.56 Å². The summed E-state index contributed by atoms with van der Waals surface area (Å²) in [4.78, 5) is 0. The number of para-hydroxylation sites is 1. The lowest BCUT2D eigenvalue weighted by Gasteiger charge is -2.20. The predicted octanol–water partition coefficient (Wildman–Crippen LogP) is 2.34. The summed E-state index contributed by atoms with van der Waals surface area (Å²) in [7, 11) is 0. The van der Waals surface area contributed by atoms with Gasteiger partial charge in [-0.3, -0.25) is 0 Å². The molecule has 2 nitrogen and oxygen atoms in total. The Labute approximate surface area is 77.5 Å². The summed E-state index contributed by atoms with van der Waals surface area (Å²) in [6.45, 7) is 1.37. The molecule has 0 saturated heterocycles. The number of rotatable bonds is 1. The minimum atomic E-state index is 0.682. The Kier molecular flexibility index (Phi) is 1.48. The molecule has 1 heterocycles. The maximum absolute atomic E-state index is 5.63. The topological polar surface area (TPSA) is 18.5 Å². The molecule has 0 N–H and O–H groups in total. The largest absolute Gasteiger partial charge is 0.486 e. The second-order valence-corrected chi connectivity index (χ2v) is 3.65. The van der Waals surface area contributed by atoms with Crippen molar-refractivity contribution >= 4 is 0 Å². The quantitative estimate of drug-likeness (QED) is 0.653. The van der Waals surface area contributed by atoms with Crippen molar-refractivity contribution in [2.75, 3.05) is 13.2 Å². The van der Waals surface area contributed by atoms with Crippen molar-refractivity contribution in [3.63, 3.8) is 0 Å². The highest BCUT2D eigenvalue weighted by Crippen LogP contribution is 2.47. The van der Waals surface area contributed by atoms with Crippen LogP contribution in [0.15, 0.2) is 18.2 Å². The van der Waals surface area contributed by atoms with Gasteiger partial charge in [0.15, 0.2) is 11.5 Å². The van der Waals surface area contributed by atoms with Gasteiger partial charge >= 0.3 is 0 Å². The van der Waals surface area contributed by atoms with Crippen LogP contribution < -0.4 is 9.47 Å². The van der Waals surface area contributed by atoms with Gasteiger partial charge in [0.2, 0.25) is 0 Å². The van der Waals surface area contributed by atoms with E-state index in [2.05, 4.69) is 12.1 Å². The zero-order valence-electron chi connectivity index (χ0n) is 7.45. The van der Waals surface area contributed by atoms with Crippen LogP contribution in [0.1, 0.15) is 24.3 Å². The SMILES string of the molecule is c1cc2c(c(C3CC3)c1)OCCO2. The number of hydrogen-bond donors (Lipinski definition) is 0. The molecule has 1 saturated carbocycles. The van der Waals surface area contributed by atoms with Crippen molar-refractivity contribution in [2.24, 2.45) is 0 Å². The lowest BCUT2D eigenvalue weighted by Crippen LogP contribution is -2.16. The molecule has 13 heavy (non-hydrogen) atoms. The van der Waals surface area contributed by atoms with Crippen molar-refractivity contribution in [1.82, 2.24) is 0 Å². The average molecular weight is 176 g/mol. The highest BCUT2D eigenvalue weighted by molar-refractivity contribution is 5.50. The van der Waals surface area contributed by atoms with Crippen LogP contribution in [-0.4, -0.2) is 13.2 Å². The number of benzene rings is 1. The summed E-state index contributed by atoms with van der Waals surface area (Å²) < 4.78 is 11.1. The highest BCUT2D eigenvalue weighted by atomic mass is 16.6. The van der Waals surface area contributed by atoms with Gasteiger partial charge in [-0.1, -0.05) is 12.1 Å². The third-order valence-electron chi connectivity index (χ3n) is 2.61. The van der Waals surface area contributed by atoms with Gasteiger partial charge in [-0.15, -0.1) is 0 Å². The first-order valence-electron chi connectivity index (χ1n) is 4.83. The molecule has 0 bridgehead atoms. The summed E-state index contributed by atoms with van der Waals surface area (Å²) >= 11 is 0. The summed E-state index contributed by atoms with van der Waals surface area (Å²) in [6.07, 6.45) is 2.61. The molecule has 0 spiro atoms. The zero-order valence-corrected chi connectivity index (χ0v) is 7.45. The van der Waals surface area contributed by atoms with Gasteiger partial charge in [-0.25, -0.2) is 0 Å². The molecule has 1 aromatic carbocycles. The molecule has 2 aliphatic rings. The molecule has 0 unspecified atom stereocenters. The smallest absolute Gasteiger partial charge is 0.164 e.